The lowest BCUT2D eigenvalue weighted by Gasteiger charge is -1.98. The van der Waals surface area contributed by atoms with Crippen molar-refractivity contribution in [3.05, 3.63) is 40.9 Å². The van der Waals surface area contributed by atoms with Gasteiger partial charge in [-0.1, -0.05) is 0 Å². The Hall–Kier alpha value is -1.33. The van der Waals surface area contributed by atoms with E-state index in [1.807, 2.05) is 12.4 Å². The van der Waals surface area contributed by atoms with E-state index in [0.29, 0.717) is 10.6 Å². The monoisotopic (exact) mass is 254 g/mol. The van der Waals surface area contributed by atoms with Crippen LogP contribution >= 0.6 is 11.3 Å². The molecule has 1 aromatic carbocycles. The van der Waals surface area contributed by atoms with Gasteiger partial charge >= 0.3 is 0 Å². The minimum atomic E-state index is -0.577. The molecular formula is C12H12F2N2S. The third-order valence-electron chi connectivity index (χ3n) is 2.29. The first-order valence-electron chi connectivity index (χ1n) is 5.24. The molecule has 0 unspecified atom stereocenters. The quantitative estimate of drug-likeness (QED) is 0.907. The molecule has 1 aromatic heterocycles. The Morgan fingerprint density at radius 2 is 1.94 bits per heavy atom. The number of benzene rings is 1. The van der Waals surface area contributed by atoms with Crippen LogP contribution in [-0.2, 0) is 6.42 Å². The predicted molar refractivity (Wildman–Crippen MR) is 65.1 cm³/mol. The molecule has 0 fully saturated rings. The van der Waals surface area contributed by atoms with Crippen molar-refractivity contribution in [2.75, 3.05) is 13.6 Å². The number of rotatable bonds is 4. The van der Waals surface area contributed by atoms with Crippen molar-refractivity contribution in [3.63, 3.8) is 0 Å². The number of thiazole rings is 1. The molecular weight excluding hydrogens is 242 g/mol. The third kappa shape index (κ3) is 3.08. The summed E-state index contributed by atoms with van der Waals surface area (Å²) in [6.45, 7) is 0.834. The van der Waals surface area contributed by atoms with Crippen molar-refractivity contribution in [1.29, 1.82) is 0 Å². The van der Waals surface area contributed by atoms with Crippen molar-refractivity contribution in [2.24, 2.45) is 0 Å². The predicted octanol–water partition coefficient (Wildman–Crippen LogP) is 2.85. The Labute approximate surface area is 102 Å². The summed E-state index contributed by atoms with van der Waals surface area (Å²) in [4.78, 5) is 4.35. The highest BCUT2D eigenvalue weighted by atomic mass is 32.1. The van der Waals surface area contributed by atoms with E-state index in [1.165, 1.54) is 23.5 Å². The van der Waals surface area contributed by atoms with Crippen molar-refractivity contribution >= 4 is 11.3 Å². The second-order valence-electron chi connectivity index (χ2n) is 3.66. The Morgan fingerprint density at radius 1 is 1.24 bits per heavy atom. The van der Waals surface area contributed by atoms with Crippen LogP contribution in [0.3, 0.4) is 0 Å². The molecule has 0 saturated heterocycles. The van der Waals surface area contributed by atoms with Crippen LogP contribution in [0.25, 0.3) is 10.6 Å². The standard InChI is InChI=1S/C12H12F2N2S/c1-15-3-2-11-7-17-12(16-11)8-4-9(13)6-10(14)5-8/h4-7,15H,2-3H2,1H3. The molecule has 0 spiro atoms. The summed E-state index contributed by atoms with van der Waals surface area (Å²) >= 11 is 1.40. The largest absolute Gasteiger partial charge is 0.319 e. The molecule has 0 aliphatic rings. The van der Waals surface area contributed by atoms with Crippen LogP contribution in [0, 0.1) is 11.6 Å². The molecule has 1 heterocycles. The first kappa shape index (κ1) is 12.1. The smallest absolute Gasteiger partial charge is 0.126 e. The fourth-order valence-electron chi connectivity index (χ4n) is 1.48. The highest BCUT2D eigenvalue weighted by Crippen LogP contribution is 2.25. The molecule has 0 aliphatic heterocycles. The van der Waals surface area contributed by atoms with Crippen LogP contribution in [0.4, 0.5) is 8.78 Å². The Bertz CT molecular complexity index is 491. The van der Waals surface area contributed by atoms with Gasteiger partial charge in [-0.05, 0) is 19.2 Å². The highest BCUT2D eigenvalue weighted by molar-refractivity contribution is 7.13. The molecule has 17 heavy (non-hydrogen) atoms. The first-order valence-corrected chi connectivity index (χ1v) is 6.12. The summed E-state index contributed by atoms with van der Waals surface area (Å²) in [5.74, 6) is -1.15. The summed E-state index contributed by atoms with van der Waals surface area (Å²) in [6.07, 6.45) is 0.810. The van der Waals surface area contributed by atoms with Gasteiger partial charge in [0.1, 0.15) is 16.6 Å². The van der Waals surface area contributed by atoms with Crippen molar-refractivity contribution in [3.8, 4) is 10.6 Å². The number of likely N-dealkylation sites (N-methyl/N-ethyl adjacent to an activating group) is 1. The van der Waals surface area contributed by atoms with Gasteiger partial charge in [0.25, 0.3) is 0 Å². The summed E-state index contributed by atoms with van der Waals surface area (Å²) in [5, 5.41) is 5.59. The van der Waals surface area contributed by atoms with E-state index in [2.05, 4.69) is 10.3 Å². The minimum absolute atomic E-state index is 0.489. The molecule has 0 aliphatic carbocycles. The van der Waals surface area contributed by atoms with Gasteiger partial charge in [0.2, 0.25) is 0 Å². The third-order valence-corrected chi connectivity index (χ3v) is 3.23. The fourth-order valence-corrected chi connectivity index (χ4v) is 2.33. The van der Waals surface area contributed by atoms with E-state index in [0.717, 1.165) is 24.7 Å². The van der Waals surface area contributed by atoms with Gasteiger partial charge < -0.3 is 5.32 Å². The fraction of sp³-hybridized carbons (Fsp3) is 0.250. The van der Waals surface area contributed by atoms with Crippen molar-refractivity contribution in [1.82, 2.24) is 10.3 Å². The summed E-state index contributed by atoms with van der Waals surface area (Å²) in [6, 6.07) is 3.45. The van der Waals surface area contributed by atoms with Crippen LogP contribution < -0.4 is 5.32 Å². The van der Waals surface area contributed by atoms with Gasteiger partial charge in [-0.15, -0.1) is 11.3 Å². The number of hydrogen-bond donors (Lipinski definition) is 1. The van der Waals surface area contributed by atoms with Gasteiger partial charge in [-0.3, -0.25) is 0 Å². The van der Waals surface area contributed by atoms with E-state index in [1.54, 1.807) is 0 Å². The molecule has 0 bridgehead atoms. The van der Waals surface area contributed by atoms with E-state index < -0.39 is 11.6 Å². The molecule has 5 heteroatoms. The average Bonchev–Trinajstić information content (AvgIpc) is 2.73. The number of hydrogen-bond acceptors (Lipinski definition) is 3. The van der Waals surface area contributed by atoms with Gasteiger partial charge in [-0.25, -0.2) is 13.8 Å². The van der Waals surface area contributed by atoms with Crippen LogP contribution in [0.1, 0.15) is 5.69 Å². The number of aromatic nitrogens is 1. The molecule has 0 amide bonds. The van der Waals surface area contributed by atoms with Crippen molar-refractivity contribution in [2.45, 2.75) is 6.42 Å². The Balaban J connectivity index is 2.24. The van der Waals surface area contributed by atoms with Crippen LogP contribution in [-0.4, -0.2) is 18.6 Å². The van der Waals surface area contributed by atoms with E-state index in [-0.39, 0.29) is 0 Å². The Morgan fingerprint density at radius 3 is 2.59 bits per heavy atom. The lowest BCUT2D eigenvalue weighted by atomic mass is 10.2. The first-order chi connectivity index (χ1) is 8.19. The lowest BCUT2D eigenvalue weighted by molar-refractivity contribution is 0.584. The summed E-state index contributed by atoms with van der Waals surface area (Å²) < 4.78 is 26.1. The maximum atomic E-state index is 13.0. The molecule has 0 atom stereocenters. The molecule has 0 saturated carbocycles. The SMILES string of the molecule is CNCCc1csc(-c2cc(F)cc(F)c2)n1. The molecule has 2 aromatic rings. The number of nitrogens with one attached hydrogen (secondary N) is 1. The van der Waals surface area contributed by atoms with E-state index >= 15 is 0 Å². The normalized spacial score (nSPS) is 10.8. The molecule has 1 N–H and O–H groups in total. The number of nitrogens with zero attached hydrogens (tertiary/aromatic N) is 1. The summed E-state index contributed by atoms with van der Waals surface area (Å²) in [5.41, 5.74) is 1.42. The van der Waals surface area contributed by atoms with E-state index in [4.69, 9.17) is 0 Å². The zero-order valence-electron chi connectivity index (χ0n) is 9.34. The van der Waals surface area contributed by atoms with Gasteiger partial charge in [0, 0.05) is 30.0 Å². The zero-order valence-corrected chi connectivity index (χ0v) is 10.2. The van der Waals surface area contributed by atoms with Gasteiger partial charge in [0.05, 0.1) is 5.69 Å². The van der Waals surface area contributed by atoms with Crippen LogP contribution in [0.5, 0.6) is 0 Å². The molecule has 90 valence electrons. The minimum Gasteiger partial charge on any atom is -0.319 e. The zero-order chi connectivity index (χ0) is 12.3. The summed E-state index contributed by atoms with van der Waals surface area (Å²) in [7, 11) is 1.87. The maximum Gasteiger partial charge on any atom is 0.126 e. The lowest BCUT2D eigenvalue weighted by Crippen LogP contribution is -2.10. The van der Waals surface area contributed by atoms with Gasteiger partial charge in [0.15, 0.2) is 0 Å². The number of halogens is 2. The van der Waals surface area contributed by atoms with Crippen LogP contribution in [0.2, 0.25) is 0 Å². The second-order valence-corrected chi connectivity index (χ2v) is 4.51. The average molecular weight is 254 g/mol. The molecule has 0 radical (unpaired) electrons. The van der Waals surface area contributed by atoms with Crippen LogP contribution in [0.15, 0.2) is 23.6 Å². The Kier molecular flexibility index (Phi) is 3.81. The molecule has 2 rings (SSSR count). The maximum absolute atomic E-state index is 13.0. The highest BCUT2D eigenvalue weighted by Gasteiger charge is 2.07. The second kappa shape index (κ2) is 5.33. The van der Waals surface area contributed by atoms with Crippen molar-refractivity contribution < 1.29 is 8.78 Å². The molecule has 2 nitrogen and oxygen atoms in total. The van der Waals surface area contributed by atoms with Gasteiger partial charge in [-0.2, -0.15) is 0 Å². The van der Waals surface area contributed by atoms with E-state index in [9.17, 15) is 8.78 Å². The topological polar surface area (TPSA) is 24.9 Å².